The van der Waals surface area contributed by atoms with Gasteiger partial charge in [-0.15, -0.1) is 0 Å². The molecular weight excluding hydrogens is 305 g/mol. The summed E-state index contributed by atoms with van der Waals surface area (Å²) in [6.45, 7) is 0.794. The Morgan fingerprint density at radius 2 is 2.35 bits per heavy atom. The number of hydrogen-bond donors (Lipinski definition) is 0. The third-order valence-corrected chi connectivity index (χ3v) is 3.80. The van der Waals surface area contributed by atoms with Gasteiger partial charge >= 0.3 is 0 Å². The molecule has 1 atom stereocenters. The van der Waals surface area contributed by atoms with E-state index in [1.165, 1.54) is 6.42 Å². The van der Waals surface area contributed by atoms with Gasteiger partial charge in [0.1, 0.15) is 9.76 Å². The topological polar surface area (TPSA) is 39.9 Å². The van der Waals surface area contributed by atoms with Crippen molar-refractivity contribution in [2.75, 3.05) is 6.61 Å². The molecule has 1 saturated heterocycles. The van der Waals surface area contributed by atoms with Crippen LogP contribution in [0.2, 0.25) is 5.15 Å². The van der Waals surface area contributed by atoms with E-state index in [9.17, 15) is 0 Å². The highest BCUT2D eigenvalue weighted by Gasteiger charge is 2.21. The van der Waals surface area contributed by atoms with E-state index in [-0.39, 0.29) is 6.23 Å². The van der Waals surface area contributed by atoms with Crippen LogP contribution < -0.4 is 0 Å². The van der Waals surface area contributed by atoms with Crippen LogP contribution in [-0.4, -0.2) is 21.4 Å². The van der Waals surface area contributed by atoms with Crippen LogP contribution in [0.1, 0.15) is 25.5 Å². The summed E-state index contributed by atoms with van der Waals surface area (Å²) < 4.78 is 8.36. The maximum atomic E-state index is 6.08. The summed E-state index contributed by atoms with van der Waals surface area (Å²) in [7, 11) is 0. The minimum absolute atomic E-state index is 0.0102. The SMILES string of the molecule is Clc1nccc2c1c(Br)nn2C1CCCCO1. The molecule has 4 nitrogen and oxygen atoms in total. The predicted molar refractivity (Wildman–Crippen MR) is 69.1 cm³/mol. The Hall–Kier alpha value is -0.650. The lowest BCUT2D eigenvalue weighted by Gasteiger charge is -2.23. The van der Waals surface area contributed by atoms with Crippen molar-refractivity contribution in [1.29, 1.82) is 0 Å². The zero-order valence-corrected chi connectivity index (χ0v) is 11.4. The Morgan fingerprint density at radius 1 is 1.47 bits per heavy atom. The van der Waals surface area contributed by atoms with Crippen molar-refractivity contribution in [1.82, 2.24) is 14.8 Å². The maximum absolute atomic E-state index is 6.08. The number of aromatic nitrogens is 3. The summed E-state index contributed by atoms with van der Waals surface area (Å²) in [5.41, 5.74) is 0.962. The predicted octanol–water partition coefficient (Wildman–Crippen LogP) is 3.55. The average Bonchev–Trinajstić information content (AvgIpc) is 2.69. The summed E-state index contributed by atoms with van der Waals surface area (Å²) in [6.07, 6.45) is 4.99. The van der Waals surface area contributed by atoms with Gasteiger partial charge in [-0.05, 0) is 41.3 Å². The van der Waals surface area contributed by atoms with Crippen LogP contribution in [0.15, 0.2) is 16.9 Å². The molecule has 1 unspecified atom stereocenters. The Morgan fingerprint density at radius 3 is 3.12 bits per heavy atom. The van der Waals surface area contributed by atoms with E-state index < -0.39 is 0 Å². The Kier molecular flexibility index (Phi) is 3.06. The van der Waals surface area contributed by atoms with E-state index in [0.29, 0.717) is 5.15 Å². The van der Waals surface area contributed by atoms with Gasteiger partial charge in [0.05, 0.1) is 10.9 Å². The average molecular weight is 317 g/mol. The molecule has 0 aromatic carbocycles. The second-order valence-electron chi connectivity index (χ2n) is 4.05. The van der Waals surface area contributed by atoms with Crippen molar-refractivity contribution in [3.05, 3.63) is 22.0 Å². The minimum atomic E-state index is 0.0102. The Labute approximate surface area is 112 Å². The highest BCUT2D eigenvalue weighted by molar-refractivity contribution is 9.10. The molecule has 0 spiro atoms. The van der Waals surface area contributed by atoms with Gasteiger partial charge in [-0.1, -0.05) is 11.6 Å². The fraction of sp³-hybridized carbons (Fsp3) is 0.455. The van der Waals surface area contributed by atoms with E-state index in [4.69, 9.17) is 16.3 Å². The van der Waals surface area contributed by atoms with Gasteiger partial charge in [0.15, 0.2) is 6.23 Å². The largest absolute Gasteiger partial charge is 0.356 e. The zero-order chi connectivity index (χ0) is 11.8. The minimum Gasteiger partial charge on any atom is -0.356 e. The lowest BCUT2D eigenvalue weighted by Crippen LogP contribution is -2.19. The molecule has 1 aliphatic rings. The first kappa shape index (κ1) is 11.4. The molecule has 90 valence electrons. The summed E-state index contributed by atoms with van der Waals surface area (Å²) in [5.74, 6) is 0. The molecule has 17 heavy (non-hydrogen) atoms. The quantitative estimate of drug-likeness (QED) is 0.755. The first-order chi connectivity index (χ1) is 8.27. The van der Waals surface area contributed by atoms with Crippen LogP contribution in [0.5, 0.6) is 0 Å². The summed E-state index contributed by atoms with van der Waals surface area (Å²) >= 11 is 9.50. The van der Waals surface area contributed by atoms with E-state index >= 15 is 0 Å². The molecule has 3 rings (SSSR count). The molecule has 6 heteroatoms. The van der Waals surface area contributed by atoms with Gasteiger partial charge in [-0.3, -0.25) is 0 Å². The van der Waals surface area contributed by atoms with Crippen molar-refractivity contribution in [3.63, 3.8) is 0 Å². The smallest absolute Gasteiger partial charge is 0.150 e. The summed E-state index contributed by atoms with van der Waals surface area (Å²) in [6, 6.07) is 1.91. The van der Waals surface area contributed by atoms with Crippen molar-refractivity contribution >= 4 is 38.4 Å². The maximum Gasteiger partial charge on any atom is 0.150 e. The highest BCUT2D eigenvalue weighted by Crippen LogP contribution is 2.32. The first-order valence-electron chi connectivity index (χ1n) is 5.57. The number of rotatable bonds is 1. The Balaban J connectivity index is 2.13. The highest BCUT2D eigenvalue weighted by atomic mass is 79.9. The fourth-order valence-corrected chi connectivity index (χ4v) is 3.06. The zero-order valence-electron chi connectivity index (χ0n) is 9.07. The van der Waals surface area contributed by atoms with Crippen molar-refractivity contribution in [2.45, 2.75) is 25.5 Å². The van der Waals surface area contributed by atoms with Crippen molar-refractivity contribution in [2.24, 2.45) is 0 Å². The van der Waals surface area contributed by atoms with E-state index in [2.05, 4.69) is 26.0 Å². The van der Waals surface area contributed by atoms with Crippen molar-refractivity contribution in [3.8, 4) is 0 Å². The van der Waals surface area contributed by atoms with Crippen LogP contribution in [0.25, 0.3) is 10.9 Å². The molecule has 0 amide bonds. The number of hydrogen-bond acceptors (Lipinski definition) is 3. The normalized spacial score (nSPS) is 20.9. The molecule has 1 aliphatic heterocycles. The number of nitrogens with zero attached hydrogens (tertiary/aromatic N) is 3. The standard InChI is InChI=1S/C11H11BrClN3O/c12-10-9-7(4-5-14-11(9)13)16(15-10)8-3-1-2-6-17-8/h4-5,8H,1-3,6H2. The number of pyridine rings is 1. The fourth-order valence-electron chi connectivity index (χ4n) is 2.14. The van der Waals surface area contributed by atoms with E-state index in [0.717, 1.165) is 35.0 Å². The lowest BCUT2D eigenvalue weighted by atomic mass is 10.2. The molecule has 2 aromatic heterocycles. The van der Waals surface area contributed by atoms with Crippen LogP contribution in [-0.2, 0) is 4.74 Å². The van der Waals surface area contributed by atoms with Gasteiger partial charge < -0.3 is 4.74 Å². The molecular formula is C11H11BrClN3O. The number of halogens is 2. The van der Waals surface area contributed by atoms with E-state index in [1.54, 1.807) is 6.20 Å². The van der Waals surface area contributed by atoms with Crippen LogP contribution >= 0.6 is 27.5 Å². The van der Waals surface area contributed by atoms with Gasteiger partial charge in [-0.25, -0.2) is 9.67 Å². The molecule has 0 radical (unpaired) electrons. The molecule has 0 bridgehead atoms. The second-order valence-corrected chi connectivity index (χ2v) is 5.16. The second kappa shape index (κ2) is 4.55. The monoisotopic (exact) mass is 315 g/mol. The molecule has 2 aromatic rings. The number of fused-ring (bicyclic) bond motifs is 1. The van der Waals surface area contributed by atoms with Crippen LogP contribution in [0.3, 0.4) is 0 Å². The third-order valence-electron chi connectivity index (χ3n) is 2.96. The summed E-state index contributed by atoms with van der Waals surface area (Å²) in [5, 5.41) is 5.78. The van der Waals surface area contributed by atoms with Crippen LogP contribution in [0.4, 0.5) is 0 Å². The van der Waals surface area contributed by atoms with Gasteiger partial charge in [0, 0.05) is 12.8 Å². The summed E-state index contributed by atoms with van der Waals surface area (Å²) in [4.78, 5) is 4.07. The van der Waals surface area contributed by atoms with E-state index in [1.807, 2.05) is 10.7 Å². The molecule has 0 N–H and O–H groups in total. The molecule has 3 heterocycles. The first-order valence-corrected chi connectivity index (χ1v) is 6.74. The molecule has 0 saturated carbocycles. The van der Waals surface area contributed by atoms with Crippen molar-refractivity contribution < 1.29 is 4.74 Å². The van der Waals surface area contributed by atoms with Crippen LogP contribution in [0, 0.1) is 0 Å². The number of ether oxygens (including phenoxy) is 1. The molecule has 0 aliphatic carbocycles. The lowest BCUT2D eigenvalue weighted by molar-refractivity contribution is -0.0368. The third kappa shape index (κ3) is 1.96. The van der Waals surface area contributed by atoms with Gasteiger partial charge in [0.25, 0.3) is 0 Å². The molecule has 1 fully saturated rings. The van der Waals surface area contributed by atoms with Gasteiger partial charge in [0.2, 0.25) is 0 Å². The Bertz CT molecular complexity index is 551. The van der Waals surface area contributed by atoms with Gasteiger partial charge in [-0.2, -0.15) is 5.10 Å².